The molecule has 2 aromatic rings. The summed E-state index contributed by atoms with van der Waals surface area (Å²) in [6, 6.07) is 4.69. The molecule has 0 spiro atoms. The van der Waals surface area contributed by atoms with E-state index in [1.54, 1.807) is 0 Å². The Morgan fingerprint density at radius 2 is 1.93 bits per heavy atom. The first-order valence-electron chi connectivity index (χ1n) is 8.52. The Morgan fingerprint density at radius 1 is 1.25 bits per heavy atom. The molecule has 1 aromatic heterocycles. The molecule has 0 aliphatic heterocycles. The van der Waals surface area contributed by atoms with Gasteiger partial charge in [-0.05, 0) is 31.4 Å². The smallest absolute Gasteiger partial charge is 0.380 e. The van der Waals surface area contributed by atoms with Gasteiger partial charge in [0.2, 0.25) is 0 Å². The molecule has 1 heterocycles. The molecule has 0 saturated heterocycles. The number of hydrogen-bond acceptors (Lipinski definition) is 5. The van der Waals surface area contributed by atoms with Crippen molar-refractivity contribution in [2.24, 2.45) is 5.92 Å². The average molecular weight is 417 g/mol. The first-order chi connectivity index (χ1) is 13.2. The molecule has 0 radical (unpaired) electrons. The van der Waals surface area contributed by atoms with Crippen molar-refractivity contribution in [3.8, 4) is 5.69 Å². The van der Waals surface area contributed by atoms with Gasteiger partial charge < -0.3 is 5.32 Å². The second-order valence-electron chi connectivity index (χ2n) is 6.61. The molecule has 28 heavy (non-hydrogen) atoms. The van der Waals surface area contributed by atoms with E-state index < -0.39 is 28.6 Å². The molecular formula is C17H16ClF3N4O3. The topological polar surface area (TPSA) is 90.1 Å². The molecule has 1 fully saturated rings. The molecule has 1 N–H and O–H groups in total. The van der Waals surface area contributed by atoms with Crippen LogP contribution in [0.2, 0.25) is 5.02 Å². The third kappa shape index (κ3) is 4.27. The molecule has 1 aromatic carbocycles. The number of aromatic nitrogens is 2. The Balaban J connectivity index is 1.80. The zero-order valence-corrected chi connectivity index (χ0v) is 15.2. The van der Waals surface area contributed by atoms with E-state index in [1.165, 1.54) is 30.5 Å². The Hall–Kier alpha value is -2.62. The lowest BCUT2D eigenvalue weighted by Crippen LogP contribution is -2.35. The molecule has 2 unspecified atom stereocenters. The molecule has 1 aliphatic rings. The van der Waals surface area contributed by atoms with Gasteiger partial charge in [0.25, 0.3) is 11.2 Å². The van der Waals surface area contributed by atoms with E-state index >= 15 is 0 Å². The monoisotopic (exact) mass is 416 g/mol. The number of hydrogen-bond donors (Lipinski definition) is 1. The number of nitro benzene ring substituents is 1. The van der Waals surface area contributed by atoms with Crippen LogP contribution in [0.1, 0.15) is 25.7 Å². The Kier molecular flexibility index (Phi) is 5.59. The highest BCUT2D eigenvalue weighted by Crippen LogP contribution is 2.38. The van der Waals surface area contributed by atoms with Crippen molar-refractivity contribution in [2.75, 3.05) is 5.32 Å². The van der Waals surface area contributed by atoms with E-state index in [0.29, 0.717) is 12.8 Å². The number of nitrogens with one attached hydrogen (secondary N) is 1. The summed E-state index contributed by atoms with van der Waals surface area (Å²) in [5.74, 6) is -1.38. The first kappa shape index (κ1) is 20.1. The third-order valence-corrected chi connectivity index (χ3v) is 5.09. The summed E-state index contributed by atoms with van der Waals surface area (Å²) in [6.07, 6.45) is -2.02. The maximum absolute atomic E-state index is 13.0. The van der Waals surface area contributed by atoms with Gasteiger partial charge in [0.05, 0.1) is 28.4 Å². The van der Waals surface area contributed by atoms with Gasteiger partial charge in [0, 0.05) is 18.2 Å². The van der Waals surface area contributed by atoms with Crippen molar-refractivity contribution < 1.29 is 18.1 Å². The quantitative estimate of drug-likeness (QED) is 0.592. The van der Waals surface area contributed by atoms with Crippen LogP contribution in [-0.2, 0) is 0 Å². The van der Waals surface area contributed by atoms with Gasteiger partial charge in [-0.15, -0.1) is 0 Å². The van der Waals surface area contributed by atoms with Gasteiger partial charge in [0.1, 0.15) is 5.02 Å². The van der Waals surface area contributed by atoms with Gasteiger partial charge in [-0.2, -0.15) is 23.0 Å². The lowest BCUT2D eigenvalue weighted by molar-refractivity contribution is -0.384. The molecule has 7 nitrogen and oxygen atoms in total. The van der Waals surface area contributed by atoms with Crippen molar-refractivity contribution in [3.63, 3.8) is 0 Å². The highest BCUT2D eigenvalue weighted by molar-refractivity contribution is 6.32. The van der Waals surface area contributed by atoms with Crippen molar-refractivity contribution in [1.29, 1.82) is 0 Å². The highest BCUT2D eigenvalue weighted by atomic mass is 35.5. The second-order valence-corrected chi connectivity index (χ2v) is 6.99. The van der Waals surface area contributed by atoms with Crippen molar-refractivity contribution in [1.82, 2.24) is 9.78 Å². The number of rotatable bonds is 4. The third-order valence-electron chi connectivity index (χ3n) is 4.72. The molecule has 11 heteroatoms. The van der Waals surface area contributed by atoms with Gasteiger partial charge >= 0.3 is 6.18 Å². The van der Waals surface area contributed by atoms with E-state index in [9.17, 15) is 28.1 Å². The van der Waals surface area contributed by atoms with Crippen LogP contribution < -0.4 is 10.9 Å². The SMILES string of the molecule is O=c1c(Cl)c(NC2CCCC(C(F)(F)F)C2)cnn1-c1ccc([N+](=O)[O-])cc1. The predicted molar refractivity (Wildman–Crippen MR) is 96.9 cm³/mol. The Morgan fingerprint density at radius 3 is 2.54 bits per heavy atom. The summed E-state index contributed by atoms with van der Waals surface area (Å²) >= 11 is 6.11. The van der Waals surface area contributed by atoms with Crippen LogP contribution in [0.4, 0.5) is 24.5 Å². The minimum Gasteiger partial charge on any atom is -0.380 e. The summed E-state index contributed by atoms with van der Waals surface area (Å²) in [5, 5.41) is 17.4. The lowest BCUT2D eigenvalue weighted by Gasteiger charge is -2.31. The fourth-order valence-corrected chi connectivity index (χ4v) is 3.45. The van der Waals surface area contributed by atoms with Gasteiger partial charge in [0.15, 0.2) is 0 Å². The number of nitrogens with zero attached hydrogens (tertiary/aromatic N) is 3. The lowest BCUT2D eigenvalue weighted by atomic mass is 9.85. The van der Waals surface area contributed by atoms with Gasteiger partial charge in [-0.3, -0.25) is 14.9 Å². The van der Waals surface area contributed by atoms with Crippen LogP contribution >= 0.6 is 11.6 Å². The fraction of sp³-hybridized carbons (Fsp3) is 0.412. The zero-order chi connectivity index (χ0) is 20.5. The number of non-ortho nitro benzene ring substituents is 1. The number of benzene rings is 1. The Labute approximate surface area is 162 Å². The summed E-state index contributed by atoms with van der Waals surface area (Å²) < 4.78 is 39.8. The second kappa shape index (κ2) is 7.78. The van der Waals surface area contributed by atoms with Crippen molar-refractivity contribution in [3.05, 3.63) is 56.0 Å². The molecule has 150 valence electrons. The fourth-order valence-electron chi connectivity index (χ4n) is 3.27. The standard InChI is InChI=1S/C17H16ClF3N4O3/c18-15-14(23-11-3-1-2-10(8-11)17(19,20)21)9-22-24(16(15)26)12-4-6-13(7-5-12)25(27)28/h4-7,9-11,23H,1-3,8H2. The first-order valence-corrected chi connectivity index (χ1v) is 8.90. The van der Waals surface area contributed by atoms with Crippen LogP contribution in [0.15, 0.2) is 35.3 Å². The summed E-state index contributed by atoms with van der Waals surface area (Å²) in [6.45, 7) is 0. The molecule has 0 bridgehead atoms. The largest absolute Gasteiger partial charge is 0.391 e. The van der Waals surface area contributed by atoms with Crippen molar-refractivity contribution in [2.45, 2.75) is 37.9 Å². The van der Waals surface area contributed by atoms with E-state index in [0.717, 1.165) is 4.68 Å². The van der Waals surface area contributed by atoms with Crippen molar-refractivity contribution >= 4 is 23.0 Å². The van der Waals surface area contributed by atoms with E-state index in [-0.39, 0.29) is 34.9 Å². The molecule has 3 rings (SSSR count). The van der Waals surface area contributed by atoms with Crippen LogP contribution in [-0.4, -0.2) is 26.9 Å². The van der Waals surface area contributed by atoms with Crippen LogP contribution in [0.25, 0.3) is 5.69 Å². The molecule has 1 saturated carbocycles. The molecule has 0 amide bonds. The summed E-state index contributed by atoms with van der Waals surface area (Å²) in [7, 11) is 0. The zero-order valence-electron chi connectivity index (χ0n) is 14.4. The minimum atomic E-state index is -4.25. The minimum absolute atomic E-state index is 0.0920. The van der Waals surface area contributed by atoms with Crippen LogP contribution in [0, 0.1) is 16.0 Å². The van der Waals surface area contributed by atoms with Gasteiger partial charge in [-0.1, -0.05) is 18.0 Å². The number of halogens is 4. The average Bonchev–Trinajstić information content (AvgIpc) is 2.65. The number of alkyl halides is 3. The number of nitro groups is 1. The van der Waals surface area contributed by atoms with Crippen LogP contribution in [0.5, 0.6) is 0 Å². The normalized spacial score (nSPS) is 20.0. The number of anilines is 1. The Bertz CT molecular complexity index is 931. The van der Waals surface area contributed by atoms with E-state index in [2.05, 4.69) is 10.4 Å². The highest BCUT2D eigenvalue weighted by Gasteiger charge is 2.42. The maximum atomic E-state index is 13.0. The summed E-state index contributed by atoms with van der Waals surface area (Å²) in [5.41, 5.74) is -0.377. The maximum Gasteiger partial charge on any atom is 0.391 e. The van der Waals surface area contributed by atoms with E-state index in [4.69, 9.17) is 11.6 Å². The molecular weight excluding hydrogens is 401 g/mol. The van der Waals surface area contributed by atoms with Gasteiger partial charge in [-0.25, -0.2) is 0 Å². The van der Waals surface area contributed by atoms with Crippen LogP contribution in [0.3, 0.4) is 0 Å². The molecule has 2 atom stereocenters. The predicted octanol–water partition coefficient (Wildman–Crippen LogP) is 4.33. The van der Waals surface area contributed by atoms with E-state index in [1.807, 2.05) is 0 Å². The molecule has 1 aliphatic carbocycles. The summed E-state index contributed by atoms with van der Waals surface area (Å²) in [4.78, 5) is 22.6.